The lowest BCUT2D eigenvalue weighted by Crippen LogP contribution is -2.43. The van der Waals surface area contributed by atoms with Crippen LogP contribution >= 0.6 is 0 Å². The smallest absolute Gasteiger partial charge is 0.319 e. The second kappa shape index (κ2) is 7.33. The van der Waals surface area contributed by atoms with Gasteiger partial charge in [-0.2, -0.15) is 0 Å². The lowest BCUT2D eigenvalue weighted by atomic mass is 10.2. The molecule has 0 radical (unpaired) electrons. The molecule has 1 rings (SSSR count). The molecule has 0 saturated carbocycles. The molecule has 1 aliphatic heterocycles. The molecule has 1 heterocycles. The monoisotopic (exact) mass is 271 g/mol. The van der Waals surface area contributed by atoms with E-state index in [9.17, 15) is 9.59 Å². The van der Waals surface area contributed by atoms with Crippen molar-refractivity contribution in [2.24, 2.45) is 0 Å². The average molecular weight is 271 g/mol. The number of amides is 2. The van der Waals surface area contributed by atoms with Crippen LogP contribution in [0.4, 0.5) is 4.79 Å². The Morgan fingerprint density at radius 2 is 1.95 bits per heavy atom. The second-order valence-corrected chi connectivity index (χ2v) is 4.96. The van der Waals surface area contributed by atoms with Gasteiger partial charge in [-0.3, -0.25) is 9.69 Å². The van der Waals surface area contributed by atoms with E-state index in [1.165, 1.54) is 4.90 Å². The fraction of sp³-hybridized carbons (Fsp3) is 0.846. The molecular formula is C13H25N3O3. The van der Waals surface area contributed by atoms with Gasteiger partial charge < -0.3 is 14.9 Å². The number of carbonyl (C=O) groups excluding carboxylic acids is 1. The minimum absolute atomic E-state index is 0.00441. The molecule has 0 aliphatic carbocycles. The van der Waals surface area contributed by atoms with Crippen LogP contribution in [0.15, 0.2) is 0 Å². The molecule has 0 spiro atoms. The van der Waals surface area contributed by atoms with Crippen molar-refractivity contribution in [1.29, 1.82) is 0 Å². The fourth-order valence-electron chi connectivity index (χ4n) is 2.55. The summed E-state index contributed by atoms with van der Waals surface area (Å²) in [6, 6.07) is 0.378. The highest BCUT2D eigenvalue weighted by Gasteiger charge is 2.30. The third-order valence-corrected chi connectivity index (χ3v) is 3.75. The number of likely N-dealkylation sites (N-methyl/N-ethyl adjacent to an activating group) is 1. The highest BCUT2D eigenvalue weighted by Crippen LogP contribution is 2.16. The first-order valence-corrected chi connectivity index (χ1v) is 6.95. The van der Waals surface area contributed by atoms with Crippen LogP contribution in [0.2, 0.25) is 0 Å². The number of rotatable bonds is 6. The summed E-state index contributed by atoms with van der Waals surface area (Å²) >= 11 is 0. The molecule has 0 aromatic rings. The number of carbonyl (C=O) groups is 2. The van der Waals surface area contributed by atoms with Crippen molar-refractivity contribution in [3.8, 4) is 0 Å². The predicted molar refractivity (Wildman–Crippen MR) is 73.2 cm³/mol. The first-order chi connectivity index (χ1) is 8.99. The summed E-state index contributed by atoms with van der Waals surface area (Å²) in [5.74, 6) is -0.873. The summed E-state index contributed by atoms with van der Waals surface area (Å²) in [7, 11) is 1.66. The van der Waals surface area contributed by atoms with Gasteiger partial charge in [0.25, 0.3) is 0 Å². The Kier molecular flexibility index (Phi) is 6.08. The Hall–Kier alpha value is -1.30. The average Bonchev–Trinajstić information content (AvgIpc) is 2.86. The maximum Gasteiger partial charge on any atom is 0.319 e. The van der Waals surface area contributed by atoms with Crippen molar-refractivity contribution in [1.82, 2.24) is 14.7 Å². The normalized spacial score (nSPS) is 18.9. The van der Waals surface area contributed by atoms with Crippen LogP contribution in [0.3, 0.4) is 0 Å². The van der Waals surface area contributed by atoms with E-state index in [2.05, 4.69) is 18.7 Å². The number of likely N-dealkylation sites (tertiary alicyclic amines) is 1. The van der Waals surface area contributed by atoms with Crippen LogP contribution in [0.5, 0.6) is 0 Å². The van der Waals surface area contributed by atoms with Gasteiger partial charge in [-0.05, 0) is 19.5 Å². The quantitative estimate of drug-likeness (QED) is 0.780. The molecule has 1 unspecified atom stereocenters. The van der Waals surface area contributed by atoms with Crippen molar-refractivity contribution < 1.29 is 14.7 Å². The topological polar surface area (TPSA) is 64.1 Å². The molecule has 1 aliphatic rings. The maximum atomic E-state index is 12.1. The molecule has 19 heavy (non-hydrogen) atoms. The predicted octanol–water partition coefficient (Wildman–Crippen LogP) is 0.929. The SMILES string of the molecule is CCN(CC)C1CCN(C(=O)N(C)CCC(=O)O)C1. The molecule has 1 N–H and O–H groups in total. The van der Waals surface area contributed by atoms with Crippen molar-refractivity contribution in [2.75, 3.05) is 39.8 Å². The standard InChI is InChI=1S/C13H25N3O3/c1-4-15(5-2)11-6-9-16(10-11)13(19)14(3)8-7-12(17)18/h11H,4-10H2,1-3H3,(H,17,18). The van der Waals surface area contributed by atoms with Crippen LogP contribution in [0, 0.1) is 0 Å². The van der Waals surface area contributed by atoms with E-state index in [1.807, 2.05) is 4.90 Å². The minimum Gasteiger partial charge on any atom is -0.481 e. The van der Waals surface area contributed by atoms with Crippen molar-refractivity contribution >= 4 is 12.0 Å². The van der Waals surface area contributed by atoms with Gasteiger partial charge in [-0.25, -0.2) is 4.79 Å². The fourth-order valence-corrected chi connectivity index (χ4v) is 2.55. The van der Waals surface area contributed by atoms with E-state index < -0.39 is 5.97 Å². The Morgan fingerprint density at radius 1 is 1.32 bits per heavy atom. The lowest BCUT2D eigenvalue weighted by Gasteiger charge is -2.27. The van der Waals surface area contributed by atoms with Crippen molar-refractivity contribution in [3.05, 3.63) is 0 Å². The number of aliphatic carboxylic acids is 1. The number of hydrogen-bond donors (Lipinski definition) is 1. The zero-order chi connectivity index (χ0) is 14.4. The van der Waals surface area contributed by atoms with Gasteiger partial charge in [0.2, 0.25) is 0 Å². The Morgan fingerprint density at radius 3 is 2.47 bits per heavy atom. The number of urea groups is 1. The summed E-state index contributed by atoms with van der Waals surface area (Å²) in [4.78, 5) is 28.3. The first kappa shape index (κ1) is 15.8. The molecular weight excluding hydrogens is 246 g/mol. The summed E-state index contributed by atoms with van der Waals surface area (Å²) < 4.78 is 0. The molecule has 2 amide bonds. The third-order valence-electron chi connectivity index (χ3n) is 3.75. The van der Waals surface area contributed by atoms with Crippen molar-refractivity contribution in [3.63, 3.8) is 0 Å². The van der Waals surface area contributed by atoms with Gasteiger partial charge in [0.05, 0.1) is 6.42 Å². The van der Waals surface area contributed by atoms with Gasteiger partial charge in [0.1, 0.15) is 0 Å². The van der Waals surface area contributed by atoms with Crippen molar-refractivity contribution in [2.45, 2.75) is 32.7 Å². The Bertz CT molecular complexity index is 318. The highest BCUT2D eigenvalue weighted by molar-refractivity contribution is 5.75. The van der Waals surface area contributed by atoms with Gasteiger partial charge in [0.15, 0.2) is 0 Å². The van der Waals surface area contributed by atoms with E-state index >= 15 is 0 Å². The summed E-state index contributed by atoms with van der Waals surface area (Å²) in [5.41, 5.74) is 0. The van der Waals surface area contributed by atoms with Crippen LogP contribution in [-0.4, -0.2) is 77.6 Å². The molecule has 110 valence electrons. The minimum atomic E-state index is -0.873. The largest absolute Gasteiger partial charge is 0.481 e. The van der Waals surface area contributed by atoms with Gasteiger partial charge >= 0.3 is 12.0 Å². The second-order valence-electron chi connectivity index (χ2n) is 4.96. The zero-order valence-electron chi connectivity index (χ0n) is 12.1. The van der Waals surface area contributed by atoms with Crippen LogP contribution in [0.25, 0.3) is 0 Å². The van der Waals surface area contributed by atoms with Crippen LogP contribution < -0.4 is 0 Å². The third kappa shape index (κ3) is 4.38. The van der Waals surface area contributed by atoms with E-state index in [-0.39, 0.29) is 19.0 Å². The van der Waals surface area contributed by atoms with Gasteiger partial charge in [-0.1, -0.05) is 13.8 Å². The first-order valence-electron chi connectivity index (χ1n) is 6.95. The van der Waals surface area contributed by atoms with E-state index in [4.69, 9.17) is 5.11 Å². The van der Waals surface area contributed by atoms with E-state index in [1.54, 1.807) is 7.05 Å². The molecule has 0 bridgehead atoms. The molecule has 0 aromatic heterocycles. The summed E-state index contributed by atoms with van der Waals surface area (Å²) in [6.07, 6.45) is 0.996. The number of nitrogens with zero attached hydrogens (tertiary/aromatic N) is 3. The summed E-state index contributed by atoms with van der Waals surface area (Å²) in [5, 5.41) is 8.63. The maximum absolute atomic E-state index is 12.1. The Balaban J connectivity index is 2.45. The van der Waals surface area contributed by atoms with Gasteiger partial charge in [0, 0.05) is 32.7 Å². The molecule has 6 nitrogen and oxygen atoms in total. The van der Waals surface area contributed by atoms with E-state index in [0.29, 0.717) is 6.04 Å². The van der Waals surface area contributed by atoms with Gasteiger partial charge in [-0.15, -0.1) is 0 Å². The number of hydrogen-bond acceptors (Lipinski definition) is 3. The Labute approximate surface area is 115 Å². The number of carboxylic acids is 1. The highest BCUT2D eigenvalue weighted by atomic mass is 16.4. The molecule has 1 atom stereocenters. The zero-order valence-corrected chi connectivity index (χ0v) is 12.1. The number of carboxylic acid groups (broad SMARTS) is 1. The van der Waals surface area contributed by atoms with Crippen LogP contribution in [0.1, 0.15) is 26.7 Å². The molecule has 6 heteroatoms. The summed E-state index contributed by atoms with van der Waals surface area (Å²) in [6.45, 7) is 8.03. The molecule has 1 fully saturated rings. The lowest BCUT2D eigenvalue weighted by molar-refractivity contribution is -0.137. The van der Waals surface area contributed by atoms with E-state index in [0.717, 1.165) is 32.6 Å². The molecule has 0 aromatic carbocycles. The van der Waals surface area contributed by atoms with Crippen LogP contribution in [-0.2, 0) is 4.79 Å². The molecule has 1 saturated heterocycles.